The van der Waals surface area contributed by atoms with Crippen LogP contribution in [0.2, 0.25) is 0 Å². The number of nitrogens with one attached hydrogen (secondary N) is 1. The predicted molar refractivity (Wildman–Crippen MR) is 62.9 cm³/mol. The van der Waals surface area contributed by atoms with Gasteiger partial charge in [-0.1, -0.05) is 18.2 Å². The molecule has 0 aliphatic carbocycles. The third-order valence-corrected chi connectivity index (χ3v) is 2.80. The standard InChI is InChI=1S/C13H9NO2/c15-7-8-5-6-11-12(13(8)16)9-3-1-2-4-10(9)14-11/h1-7,14,16H. The van der Waals surface area contributed by atoms with E-state index in [1.54, 1.807) is 12.1 Å². The van der Waals surface area contributed by atoms with Gasteiger partial charge >= 0.3 is 0 Å². The first-order valence-electron chi connectivity index (χ1n) is 4.99. The molecule has 0 amide bonds. The van der Waals surface area contributed by atoms with Crippen molar-refractivity contribution < 1.29 is 9.90 Å². The van der Waals surface area contributed by atoms with E-state index >= 15 is 0 Å². The number of aldehydes is 1. The normalized spacial score (nSPS) is 11.0. The minimum Gasteiger partial charge on any atom is -0.506 e. The maximum Gasteiger partial charge on any atom is 0.153 e. The van der Waals surface area contributed by atoms with Crippen molar-refractivity contribution in [2.75, 3.05) is 0 Å². The van der Waals surface area contributed by atoms with Gasteiger partial charge in [0.2, 0.25) is 0 Å². The Hall–Kier alpha value is -2.29. The van der Waals surface area contributed by atoms with Crippen molar-refractivity contribution in [2.45, 2.75) is 0 Å². The highest BCUT2D eigenvalue weighted by molar-refractivity contribution is 6.12. The van der Waals surface area contributed by atoms with Crippen LogP contribution in [0.5, 0.6) is 5.75 Å². The highest BCUT2D eigenvalue weighted by Gasteiger charge is 2.10. The van der Waals surface area contributed by atoms with Gasteiger partial charge in [0.05, 0.1) is 11.1 Å². The average Bonchev–Trinajstić information content (AvgIpc) is 2.68. The van der Waals surface area contributed by atoms with Crippen LogP contribution in [0.4, 0.5) is 0 Å². The Bertz CT molecular complexity index is 698. The van der Waals surface area contributed by atoms with Crippen LogP contribution in [0.1, 0.15) is 10.4 Å². The van der Waals surface area contributed by atoms with Gasteiger partial charge in [-0.25, -0.2) is 0 Å². The molecule has 3 nitrogen and oxygen atoms in total. The molecule has 78 valence electrons. The van der Waals surface area contributed by atoms with Crippen molar-refractivity contribution >= 4 is 28.1 Å². The van der Waals surface area contributed by atoms with Crippen molar-refractivity contribution in [3.8, 4) is 5.75 Å². The first-order valence-corrected chi connectivity index (χ1v) is 4.99. The lowest BCUT2D eigenvalue weighted by Crippen LogP contribution is -1.81. The van der Waals surface area contributed by atoms with E-state index in [1.165, 1.54) is 0 Å². The molecular weight excluding hydrogens is 202 g/mol. The largest absolute Gasteiger partial charge is 0.506 e. The Morgan fingerprint density at radius 3 is 2.69 bits per heavy atom. The van der Waals surface area contributed by atoms with Crippen LogP contribution in [0.3, 0.4) is 0 Å². The first kappa shape index (κ1) is 8.97. The van der Waals surface area contributed by atoms with E-state index in [0.717, 1.165) is 16.4 Å². The number of H-pyrrole nitrogens is 1. The minimum absolute atomic E-state index is 0.0463. The Morgan fingerprint density at radius 1 is 1.06 bits per heavy atom. The Labute approximate surface area is 91.3 Å². The topological polar surface area (TPSA) is 53.1 Å². The predicted octanol–water partition coefficient (Wildman–Crippen LogP) is 2.84. The van der Waals surface area contributed by atoms with Crippen LogP contribution in [-0.4, -0.2) is 16.4 Å². The second-order valence-corrected chi connectivity index (χ2v) is 3.71. The van der Waals surface area contributed by atoms with Crippen molar-refractivity contribution in [3.63, 3.8) is 0 Å². The molecule has 2 N–H and O–H groups in total. The molecular formula is C13H9NO2. The second-order valence-electron chi connectivity index (χ2n) is 3.71. The summed E-state index contributed by atoms with van der Waals surface area (Å²) >= 11 is 0. The van der Waals surface area contributed by atoms with Gasteiger partial charge in [0.1, 0.15) is 5.75 Å². The number of para-hydroxylation sites is 1. The summed E-state index contributed by atoms with van der Waals surface area (Å²) in [6, 6.07) is 11.1. The highest BCUT2D eigenvalue weighted by Crippen LogP contribution is 2.34. The average molecular weight is 211 g/mol. The second kappa shape index (κ2) is 3.10. The summed E-state index contributed by atoms with van der Waals surface area (Å²) in [5, 5.41) is 11.6. The number of rotatable bonds is 1. The quantitative estimate of drug-likeness (QED) is 0.608. The van der Waals surface area contributed by atoms with Gasteiger partial charge in [0.15, 0.2) is 6.29 Å². The molecule has 0 spiro atoms. The molecule has 0 fully saturated rings. The van der Waals surface area contributed by atoms with E-state index in [1.807, 2.05) is 24.3 Å². The van der Waals surface area contributed by atoms with Gasteiger partial charge in [0, 0.05) is 16.3 Å². The number of aromatic amines is 1. The number of carbonyl (C=O) groups excluding carboxylic acids is 1. The molecule has 0 saturated heterocycles. The Balaban J connectivity index is 2.58. The van der Waals surface area contributed by atoms with E-state index < -0.39 is 0 Å². The van der Waals surface area contributed by atoms with Gasteiger partial charge in [-0.15, -0.1) is 0 Å². The summed E-state index contributed by atoms with van der Waals surface area (Å²) in [4.78, 5) is 14.0. The number of aromatic hydroxyl groups is 1. The van der Waals surface area contributed by atoms with Crippen molar-refractivity contribution in [1.82, 2.24) is 4.98 Å². The molecule has 0 saturated carbocycles. The molecule has 1 heterocycles. The van der Waals surface area contributed by atoms with Crippen molar-refractivity contribution in [1.29, 1.82) is 0 Å². The number of phenols is 1. The minimum atomic E-state index is 0.0463. The summed E-state index contributed by atoms with van der Waals surface area (Å²) in [5.74, 6) is 0.0463. The Morgan fingerprint density at radius 2 is 1.88 bits per heavy atom. The molecule has 3 aromatic rings. The van der Waals surface area contributed by atoms with Gasteiger partial charge in [-0.3, -0.25) is 4.79 Å². The zero-order valence-corrected chi connectivity index (χ0v) is 8.40. The lowest BCUT2D eigenvalue weighted by molar-refractivity contribution is 0.112. The summed E-state index contributed by atoms with van der Waals surface area (Å²) in [6.45, 7) is 0. The molecule has 16 heavy (non-hydrogen) atoms. The summed E-state index contributed by atoms with van der Waals surface area (Å²) in [6.07, 6.45) is 0.663. The summed E-state index contributed by atoms with van der Waals surface area (Å²) in [5.41, 5.74) is 2.11. The molecule has 0 unspecified atom stereocenters. The molecule has 1 aromatic heterocycles. The van der Waals surface area contributed by atoms with E-state index in [4.69, 9.17) is 0 Å². The zero-order valence-electron chi connectivity index (χ0n) is 8.40. The maximum atomic E-state index is 10.8. The number of aromatic nitrogens is 1. The fourth-order valence-electron chi connectivity index (χ4n) is 2.03. The first-order chi connectivity index (χ1) is 7.81. The SMILES string of the molecule is O=Cc1ccc2[nH]c3ccccc3c2c1O. The van der Waals surface area contributed by atoms with Crippen LogP contribution < -0.4 is 0 Å². The van der Waals surface area contributed by atoms with E-state index in [-0.39, 0.29) is 5.75 Å². The van der Waals surface area contributed by atoms with Gasteiger partial charge in [0.25, 0.3) is 0 Å². The number of hydrogen-bond acceptors (Lipinski definition) is 2. The van der Waals surface area contributed by atoms with Crippen LogP contribution in [0, 0.1) is 0 Å². The number of carbonyl (C=O) groups is 1. The molecule has 0 atom stereocenters. The number of benzene rings is 2. The molecule has 3 heteroatoms. The third-order valence-electron chi connectivity index (χ3n) is 2.80. The molecule has 3 rings (SSSR count). The summed E-state index contributed by atoms with van der Waals surface area (Å²) in [7, 11) is 0. The van der Waals surface area contributed by atoms with Crippen LogP contribution in [0.25, 0.3) is 21.8 Å². The molecule has 0 bridgehead atoms. The van der Waals surface area contributed by atoms with E-state index in [9.17, 15) is 9.90 Å². The smallest absolute Gasteiger partial charge is 0.153 e. The highest BCUT2D eigenvalue weighted by atomic mass is 16.3. The third kappa shape index (κ3) is 1.05. The van der Waals surface area contributed by atoms with E-state index in [2.05, 4.69) is 4.98 Å². The lowest BCUT2D eigenvalue weighted by Gasteiger charge is -1.98. The van der Waals surface area contributed by atoms with Gasteiger partial charge < -0.3 is 10.1 Å². The monoisotopic (exact) mass is 211 g/mol. The zero-order chi connectivity index (χ0) is 11.1. The fourth-order valence-corrected chi connectivity index (χ4v) is 2.03. The molecule has 0 aliphatic heterocycles. The van der Waals surface area contributed by atoms with Crippen molar-refractivity contribution in [2.24, 2.45) is 0 Å². The molecule has 2 aromatic carbocycles. The number of hydrogen-bond donors (Lipinski definition) is 2. The van der Waals surface area contributed by atoms with Crippen LogP contribution in [-0.2, 0) is 0 Å². The van der Waals surface area contributed by atoms with Crippen LogP contribution in [0.15, 0.2) is 36.4 Å². The van der Waals surface area contributed by atoms with Gasteiger partial charge in [-0.2, -0.15) is 0 Å². The molecule has 0 radical (unpaired) electrons. The number of fused-ring (bicyclic) bond motifs is 3. The number of phenolic OH excluding ortho intramolecular Hbond substituents is 1. The van der Waals surface area contributed by atoms with Gasteiger partial charge in [-0.05, 0) is 18.2 Å². The fraction of sp³-hybridized carbons (Fsp3) is 0. The lowest BCUT2D eigenvalue weighted by atomic mass is 10.1. The molecule has 0 aliphatic rings. The van der Waals surface area contributed by atoms with Crippen molar-refractivity contribution in [3.05, 3.63) is 42.0 Å². The van der Waals surface area contributed by atoms with Crippen LogP contribution >= 0.6 is 0 Å². The maximum absolute atomic E-state index is 10.8. The van der Waals surface area contributed by atoms with E-state index in [0.29, 0.717) is 17.2 Å². The summed E-state index contributed by atoms with van der Waals surface area (Å²) < 4.78 is 0. The Kier molecular flexibility index (Phi) is 1.74.